The molecule has 10 nitrogen and oxygen atoms in total. The zero-order valence-electron chi connectivity index (χ0n) is 17.7. The van der Waals surface area contributed by atoms with Crippen LogP contribution < -0.4 is 5.43 Å². The average Bonchev–Trinajstić information content (AvgIpc) is 3.58. The van der Waals surface area contributed by atoms with E-state index in [1.165, 1.54) is 5.01 Å². The van der Waals surface area contributed by atoms with Gasteiger partial charge in [-0.1, -0.05) is 0 Å². The number of amides is 2. The summed E-state index contributed by atoms with van der Waals surface area (Å²) < 4.78 is 16.3. The van der Waals surface area contributed by atoms with Gasteiger partial charge in [0.2, 0.25) is 5.91 Å². The van der Waals surface area contributed by atoms with Gasteiger partial charge in [0.05, 0.1) is 18.2 Å². The second kappa shape index (κ2) is 8.89. The minimum Gasteiger partial charge on any atom is -0.467 e. The number of esters is 1. The normalized spacial score (nSPS) is 23.6. The number of carbonyl (C=O) groups is 3. The Morgan fingerprint density at radius 1 is 1.18 bits per heavy atom. The number of nitrogens with zero attached hydrogens (tertiary/aromatic N) is 3. The van der Waals surface area contributed by atoms with Crippen LogP contribution in [-0.2, 0) is 19.1 Å². The Bertz CT molecular complexity index is 1150. The molecule has 2 aliphatic heterocycles. The molecule has 0 aromatic carbocycles. The Labute approximate surface area is 188 Å². The minimum absolute atomic E-state index is 0.0382. The van der Waals surface area contributed by atoms with Crippen LogP contribution in [0.5, 0.6) is 0 Å². The van der Waals surface area contributed by atoms with Crippen molar-refractivity contribution in [3.8, 4) is 0 Å². The number of hydrogen-bond donors (Lipinski definition) is 1. The lowest BCUT2D eigenvalue weighted by Gasteiger charge is -2.27. The quantitative estimate of drug-likeness (QED) is 0.698. The summed E-state index contributed by atoms with van der Waals surface area (Å²) in [4.78, 5) is 36.6. The van der Waals surface area contributed by atoms with Crippen LogP contribution in [0.1, 0.15) is 49.7 Å². The van der Waals surface area contributed by atoms with E-state index < -0.39 is 24.5 Å². The maximum absolute atomic E-state index is 13.1. The predicted octanol–water partition coefficient (Wildman–Crippen LogP) is 2.80. The molecule has 0 radical (unpaired) electrons. The minimum atomic E-state index is -0.736. The van der Waals surface area contributed by atoms with Crippen molar-refractivity contribution in [1.29, 1.82) is 0 Å². The summed E-state index contributed by atoms with van der Waals surface area (Å²) >= 11 is 0. The van der Waals surface area contributed by atoms with E-state index in [1.807, 2.05) is 24.3 Å². The van der Waals surface area contributed by atoms with E-state index in [2.05, 4.69) is 15.6 Å². The molecule has 3 aliphatic rings. The van der Waals surface area contributed by atoms with Gasteiger partial charge in [-0.15, -0.1) is 0 Å². The van der Waals surface area contributed by atoms with Crippen molar-refractivity contribution < 1.29 is 28.0 Å². The highest BCUT2D eigenvalue weighted by atomic mass is 16.5. The lowest BCUT2D eigenvalue weighted by Crippen LogP contribution is -2.36. The zero-order valence-corrected chi connectivity index (χ0v) is 17.7. The van der Waals surface area contributed by atoms with Crippen molar-refractivity contribution in [2.45, 2.75) is 38.1 Å². The van der Waals surface area contributed by atoms with E-state index in [9.17, 15) is 14.4 Å². The lowest BCUT2D eigenvalue weighted by atomic mass is 9.79. The van der Waals surface area contributed by atoms with Crippen LogP contribution in [0.2, 0.25) is 0 Å². The standard InChI is InChI=1S/C23H22N4O6/c28-19-9-8-17(24-25-19)23(30)33-13-20(29)27-22(18-7-3-11-32-18)16-6-1-4-14(21(16)26-27)12-15-5-2-10-31-15/h2-3,5,7,10-12,16,22H,1,4,6,8-9,13H2,(H,25,28). The molecule has 1 N–H and O–H groups in total. The van der Waals surface area contributed by atoms with Gasteiger partial charge >= 0.3 is 5.97 Å². The molecular weight excluding hydrogens is 428 g/mol. The third kappa shape index (κ3) is 4.23. The Morgan fingerprint density at radius 3 is 2.76 bits per heavy atom. The molecule has 1 fully saturated rings. The number of fused-ring (bicyclic) bond motifs is 1. The summed E-state index contributed by atoms with van der Waals surface area (Å²) in [5.74, 6) is -0.162. The van der Waals surface area contributed by atoms with Gasteiger partial charge in [0, 0.05) is 18.8 Å². The Morgan fingerprint density at radius 2 is 2.03 bits per heavy atom. The van der Waals surface area contributed by atoms with E-state index in [0.717, 1.165) is 36.3 Å². The van der Waals surface area contributed by atoms with Crippen molar-refractivity contribution in [3.63, 3.8) is 0 Å². The van der Waals surface area contributed by atoms with E-state index in [0.29, 0.717) is 5.76 Å². The Kier molecular flexibility index (Phi) is 5.64. The zero-order chi connectivity index (χ0) is 22.8. The molecule has 2 atom stereocenters. The number of allylic oxidation sites excluding steroid dienone is 1. The fourth-order valence-electron chi connectivity index (χ4n) is 4.39. The number of nitrogens with one attached hydrogen (secondary N) is 1. The molecular formula is C23H22N4O6. The summed E-state index contributed by atoms with van der Waals surface area (Å²) in [5.41, 5.74) is 4.15. The summed E-state index contributed by atoms with van der Waals surface area (Å²) in [5, 5.41) is 9.73. The molecule has 4 heterocycles. The van der Waals surface area contributed by atoms with Crippen molar-refractivity contribution in [1.82, 2.24) is 10.4 Å². The molecule has 1 aliphatic carbocycles. The summed E-state index contributed by atoms with van der Waals surface area (Å²) in [7, 11) is 0. The van der Waals surface area contributed by atoms with Crippen LogP contribution in [0.25, 0.3) is 6.08 Å². The molecule has 0 bridgehead atoms. The lowest BCUT2D eigenvalue weighted by molar-refractivity contribution is -0.148. The third-order valence-electron chi connectivity index (χ3n) is 5.92. The molecule has 2 unspecified atom stereocenters. The van der Waals surface area contributed by atoms with Crippen LogP contribution >= 0.6 is 0 Å². The van der Waals surface area contributed by atoms with Crippen molar-refractivity contribution in [2.24, 2.45) is 16.1 Å². The van der Waals surface area contributed by atoms with Crippen LogP contribution in [0.15, 0.2) is 61.4 Å². The van der Waals surface area contributed by atoms with Gasteiger partial charge in [0.25, 0.3) is 5.91 Å². The highest BCUT2D eigenvalue weighted by Gasteiger charge is 2.45. The molecule has 2 aromatic rings. The molecule has 2 aromatic heterocycles. The Hall–Kier alpha value is -3.95. The van der Waals surface area contributed by atoms with Crippen molar-refractivity contribution in [3.05, 3.63) is 53.9 Å². The largest absolute Gasteiger partial charge is 0.467 e. The molecule has 0 saturated heterocycles. The molecule has 10 heteroatoms. The monoisotopic (exact) mass is 450 g/mol. The van der Waals surface area contributed by atoms with Gasteiger partial charge < -0.3 is 13.6 Å². The fourth-order valence-corrected chi connectivity index (χ4v) is 4.39. The van der Waals surface area contributed by atoms with E-state index in [4.69, 9.17) is 13.6 Å². The second-order valence-electron chi connectivity index (χ2n) is 8.04. The van der Waals surface area contributed by atoms with Gasteiger partial charge in [-0.05, 0) is 55.2 Å². The first-order chi connectivity index (χ1) is 16.1. The molecule has 1 saturated carbocycles. The first-order valence-corrected chi connectivity index (χ1v) is 10.8. The van der Waals surface area contributed by atoms with Crippen molar-refractivity contribution >= 4 is 35.3 Å². The van der Waals surface area contributed by atoms with Gasteiger partial charge in [0.15, 0.2) is 6.61 Å². The SMILES string of the molecule is O=C1CCC(C(=O)OCC(=O)N2N=C3C(=Cc4ccco4)CCCC3C2c2ccco2)=NN1. The van der Waals surface area contributed by atoms with E-state index in [1.54, 1.807) is 18.6 Å². The van der Waals surface area contributed by atoms with E-state index in [-0.39, 0.29) is 30.4 Å². The number of hydrogen-bond acceptors (Lipinski definition) is 8. The van der Waals surface area contributed by atoms with Crippen LogP contribution in [-0.4, -0.2) is 40.8 Å². The molecule has 0 spiro atoms. The number of ether oxygens (including phenoxy) is 1. The molecule has 2 amide bonds. The highest BCUT2D eigenvalue weighted by molar-refractivity contribution is 6.37. The third-order valence-corrected chi connectivity index (χ3v) is 5.92. The van der Waals surface area contributed by atoms with Crippen LogP contribution in [0, 0.1) is 5.92 Å². The number of rotatable bonds is 5. The topological polar surface area (TPSA) is 127 Å². The van der Waals surface area contributed by atoms with E-state index >= 15 is 0 Å². The van der Waals surface area contributed by atoms with Crippen LogP contribution in [0.3, 0.4) is 0 Å². The number of hydrazone groups is 2. The molecule has 170 valence electrons. The maximum Gasteiger partial charge on any atom is 0.355 e. The summed E-state index contributed by atoms with van der Waals surface area (Å²) in [6.07, 6.45) is 8.06. The first kappa shape index (κ1) is 20.9. The van der Waals surface area contributed by atoms with Gasteiger partial charge in [-0.2, -0.15) is 10.2 Å². The highest BCUT2D eigenvalue weighted by Crippen LogP contribution is 2.44. The Balaban J connectivity index is 1.37. The number of carbonyl (C=O) groups excluding carboxylic acids is 3. The number of furan rings is 2. The fraction of sp³-hybridized carbons (Fsp3) is 0.348. The van der Waals surface area contributed by atoms with Gasteiger partial charge in [0.1, 0.15) is 23.3 Å². The predicted molar refractivity (Wildman–Crippen MR) is 116 cm³/mol. The van der Waals surface area contributed by atoms with Crippen LogP contribution in [0.4, 0.5) is 0 Å². The maximum atomic E-state index is 13.1. The smallest absolute Gasteiger partial charge is 0.355 e. The van der Waals surface area contributed by atoms with Gasteiger partial charge in [-0.3, -0.25) is 9.59 Å². The average molecular weight is 450 g/mol. The second-order valence-corrected chi connectivity index (χ2v) is 8.04. The molecule has 33 heavy (non-hydrogen) atoms. The van der Waals surface area contributed by atoms with Crippen molar-refractivity contribution in [2.75, 3.05) is 6.61 Å². The summed E-state index contributed by atoms with van der Waals surface area (Å²) in [6, 6.07) is 6.86. The van der Waals surface area contributed by atoms with Gasteiger partial charge in [-0.25, -0.2) is 15.2 Å². The first-order valence-electron chi connectivity index (χ1n) is 10.8. The molecule has 5 rings (SSSR count). The summed E-state index contributed by atoms with van der Waals surface area (Å²) in [6.45, 7) is -0.496.